The number of halogens is 3. The van der Waals surface area contributed by atoms with Crippen molar-refractivity contribution in [2.75, 3.05) is 6.61 Å². The van der Waals surface area contributed by atoms with Crippen LogP contribution < -0.4 is 4.74 Å². The third-order valence-electron chi connectivity index (χ3n) is 8.27. The first-order valence-electron chi connectivity index (χ1n) is 14.8. The van der Waals surface area contributed by atoms with E-state index < -0.39 is 17.7 Å². The van der Waals surface area contributed by atoms with Gasteiger partial charge in [-0.1, -0.05) is 38.5 Å². The highest BCUT2D eigenvalue weighted by Gasteiger charge is 2.31. The molecule has 5 rings (SSSR count). The highest BCUT2D eigenvalue weighted by molar-refractivity contribution is 5.67. The summed E-state index contributed by atoms with van der Waals surface area (Å²) in [7, 11) is 0. The number of aromatic nitrogens is 5. The lowest BCUT2D eigenvalue weighted by Gasteiger charge is -2.23. The fraction of sp³-hybridized carbons (Fsp3) is 0.600. The van der Waals surface area contributed by atoms with E-state index in [1.165, 1.54) is 18.9 Å². The summed E-state index contributed by atoms with van der Waals surface area (Å²) in [6.07, 6.45) is 11.4. The SMILES string of the molecule is O=C(O)CCc1cc(OCCCc2cn(-c3ccc(C(F)(F)F)cn3)nc2C2CCCCC2)nn1C1CCCCC1. The number of ether oxygens (including phenoxy) is 1. The summed E-state index contributed by atoms with van der Waals surface area (Å²) >= 11 is 0. The van der Waals surface area contributed by atoms with Crippen LogP contribution in [0.4, 0.5) is 13.2 Å². The van der Waals surface area contributed by atoms with E-state index in [9.17, 15) is 23.1 Å². The summed E-state index contributed by atoms with van der Waals surface area (Å²) in [5.74, 6) is 0.385. The molecule has 2 fully saturated rings. The molecular weight excluding hydrogens is 535 g/mol. The lowest BCUT2D eigenvalue weighted by molar-refractivity contribution is -0.138. The molecule has 2 aliphatic rings. The quantitative estimate of drug-likeness (QED) is 0.247. The molecule has 3 aromatic rings. The lowest BCUT2D eigenvalue weighted by Crippen LogP contribution is -2.17. The number of carboxylic acid groups (broad SMARTS) is 1. The maximum atomic E-state index is 13.0. The van der Waals surface area contributed by atoms with Crippen LogP contribution in [0.15, 0.2) is 30.6 Å². The number of carbonyl (C=O) groups is 1. The zero-order valence-electron chi connectivity index (χ0n) is 23.3. The molecule has 11 heteroatoms. The fourth-order valence-corrected chi connectivity index (χ4v) is 6.12. The predicted molar refractivity (Wildman–Crippen MR) is 146 cm³/mol. The van der Waals surface area contributed by atoms with Crippen molar-refractivity contribution >= 4 is 5.97 Å². The van der Waals surface area contributed by atoms with Crippen molar-refractivity contribution in [2.24, 2.45) is 0 Å². The Morgan fingerprint density at radius 3 is 2.39 bits per heavy atom. The van der Waals surface area contributed by atoms with E-state index >= 15 is 0 Å². The van der Waals surface area contributed by atoms with E-state index in [1.54, 1.807) is 4.68 Å². The molecule has 0 saturated heterocycles. The number of nitrogens with zero attached hydrogens (tertiary/aromatic N) is 5. The first-order valence-corrected chi connectivity index (χ1v) is 14.8. The second kappa shape index (κ2) is 13.1. The fourth-order valence-electron chi connectivity index (χ4n) is 6.12. The summed E-state index contributed by atoms with van der Waals surface area (Å²) < 4.78 is 48.7. The van der Waals surface area contributed by atoms with E-state index in [2.05, 4.69) is 4.98 Å². The van der Waals surface area contributed by atoms with Crippen LogP contribution in [-0.4, -0.2) is 42.2 Å². The summed E-state index contributed by atoms with van der Waals surface area (Å²) in [4.78, 5) is 15.2. The molecule has 0 radical (unpaired) electrons. The zero-order valence-corrected chi connectivity index (χ0v) is 23.3. The lowest BCUT2D eigenvalue weighted by atomic mass is 9.85. The van der Waals surface area contributed by atoms with E-state index in [-0.39, 0.29) is 12.5 Å². The number of hydrogen-bond donors (Lipinski definition) is 1. The van der Waals surface area contributed by atoms with Gasteiger partial charge in [-0.05, 0) is 62.6 Å². The Morgan fingerprint density at radius 1 is 1.00 bits per heavy atom. The topological polar surface area (TPSA) is 95.1 Å². The number of alkyl halides is 3. The summed E-state index contributed by atoms with van der Waals surface area (Å²) in [5.41, 5.74) is 2.19. The number of carboxylic acids is 1. The largest absolute Gasteiger partial charge is 0.481 e. The second-order valence-electron chi connectivity index (χ2n) is 11.3. The third-order valence-corrected chi connectivity index (χ3v) is 8.27. The molecule has 3 heterocycles. The molecule has 2 aliphatic carbocycles. The van der Waals surface area contributed by atoms with Crippen molar-refractivity contribution in [1.82, 2.24) is 24.5 Å². The van der Waals surface area contributed by atoms with Gasteiger partial charge in [-0.25, -0.2) is 9.67 Å². The number of pyridine rings is 1. The Kier molecular flexibility index (Phi) is 9.29. The number of hydrogen-bond acceptors (Lipinski definition) is 5. The zero-order chi connectivity index (χ0) is 28.8. The highest BCUT2D eigenvalue weighted by atomic mass is 19.4. The number of rotatable bonds is 11. The second-order valence-corrected chi connectivity index (χ2v) is 11.3. The average Bonchev–Trinajstić information content (AvgIpc) is 3.59. The van der Waals surface area contributed by atoms with E-state index in [4.69, 9.17) is 14.9 Å². The molecule has 8 nitrogen and oxygen atoms in total. The Labute approximate surface area is 237 Å². The van der Waals surface area contributed by atoms with Crippen LogP contribution in [0.2, 0.25) is 0 Å². The van der Waals surface area contributed by atoms with Gasteiger partial charge in [0.1, 0.15) is 0 Å². The minimum Gasteiger partial charge on any atom is -0.481 e. The van der Waals surface area contributed by atoms with Gasteiger partial charge in [0.15, 0.2) is 5.82 Å². The van der Waals surface area contributed by atoms with Gasteiger partial charge in [-0.3, -0.25) is 9.48 Å². The number of aryl methyl sites for hydroxylation is 2. The molecule has 0 spiro atoms. The van der Waals surface area contributed by atoms with Gasteiger partial charge in [0.25, 0.3) is 0 Å². The average molecular weight is 574 g/mol. The first-order chi connectivity index (χ1) is 19.8. The smallest absolute Gasteiger partial charge is 0.417 e. The molecule has 1 N–H and O–H groups in total. The first kappa shape index (κ1) is 29.1. The molecule has 0 bridgehead atoms. The molecule has 0 unspecified atom stereocenters. The monoisotopic (exact) mass is 573 g/mol. The summed E-state index contributed by atoms with van der Waals surface area (Å²) in [5, 5.41) is 18.7. The Morgan fingerprint density at radius 2 is 1.73 bits per heavy atom. The Hall–Kier alpha value is -3.37. The van der Waals surface area contributed by atoms with Gasteiger partial charge in [0.2, 0.25) is 5.88 Å². The summed E-state index contributed by atoms with van der Waals surface area (Å²) in [6.45, 7) is 0.438. The minimum atomic E-state index is -4.43. The van der Waals surface area contributed by atoms with E-state index in [1.807, 2.05) is 16.9 Å². The van der Waals surface area contributed by atoms with E-state index in [0.29, 0.717) is 43.5 Å². The Bertz CT molecular complexity index is 1290. The molecule has 0 aromatic carbocycles. The predicted octanol–water partition coefficient (Wildman–Crippen LogP) is 7.06. The maximum absolute atomic E-state index is 13.0. The van der Waals surface area contributed by atoms with Crippen LogP contribution in [0, 0.1) is 0 Å². The van der Waals surface area contributed by atoms with Crippen LogP contribution >= 0.6 is 0 Å². The van der Waals surface area contributed by atoms with Gasteiger partial charge in [-0.15, -0.1) is 5.10 Å². The standard InChI is InChI=1S/C30H38F3N5O3/c31-30(32,33)23-13-15-26(34-19-23)37-20-22(29(36-37)21-8-3-1-4-9-21)10-7-17-41-27-18-25(14-16-28(39)40)38(35-27)24-11-5-2-6-12-24/h13,15,18-21,24H,1-12,14,16-17H2,(H,39,40). The molecule has 0 aliphatic heterocycles. The van der Waals surface area contributed by atoms with Crippen LogP contribution in [0.3, 0.4) is 0 Å². The molecular formula is C30H38F3N5O3. The van der Waals surface area contributed by atoms with Crippen molar-refractivity contribution in [1.29, 1.82) is 0 Å². The molecule has 0 amide bonds. The molecule has 0 atom stereocenters. The van der Waals surface area contributed by atoms with Crippen molar-refractivity contribution in [2.45, 2.75) is 108 Å². The van der Waals surface area contributed by atoms with Crippen molar-refractivity contribution in [3.63, 3.8) is 0 Å². The number of aliphatic carboxylic acids is 1. The molecule has 222 valence electrons. The minimum absolute atomic E-state index is 0.0551. The summed E-state index contributed by atoms with van der Waals surface area (Å²) in [6, 6.07) is 4.55. The van der Waals surface area contributed by atoms with Gasteiger partial charge in [0, 0.05) is 30.1 Å². The van der Waals surface area contributed by atoms with Crippen molar-refractivity contribution in [3.8, 4) is 11.7 Å². The van der Waals surface area contributed by atoms with Gasteiger partial charge in [0.05, 0.1) is 30.3 Å². The highest BCUT2D eigenvalue weighted by Crippen LogP contribution is 2.35. The van der Waals surface area contributed by atoms with Crippen LogP contribution in [0.25, 0.3) is 5.82 Å². The van der Waals surface area contributed by atoms with E-state index in [0.717, 1.165) is 80.6 Å². The van der Waals surface area contributed by atoms with Gasteiger partial charge in [-0.2, -0.15) is 18.3 Å². The molecule has 3 aromatic heterocycles. The maximum Gasteiger partial charge on any atom is 0.417 e. The van der Waals surface area contributed by atoms with Gasteiger partial charge >= 0.3 is 12.1 Å². The Balaban J connectivity index is 1.26. The third kappa shape index (κ3) is 7.48. The van der Waals surface area contributed by atoms with Crippen LogP contribution in [0.1, 0.15) is 112 Å². The molecule has 41 heavy (non-hydrogen) atoms. The van der Waals surface area contributed by atoms with Crippen LogP contribution in [0.5, 0.6) is 5.88 Å². The molecule has 2 saturated carbocycles. The van der Waals surface area contributed by atoms with Crippen molar-refractivity contribution in [3.05, 3.63) is 53.1 Å². The van der Waals surface area contributed by atoms with Crippen molar-refractivity contribution < 1.29 is 27.8 Å². The van der Waals surface area contributed by atoms with Gasteiger partial charge < -0.3 is 9.84 Å². The van der Waals surface area contributed by atoms with Crippen LogP contribution in [-0.2, 0) is 23.8 Å². The normalized spacial score (nSPS) is 17.1.